The molecule has 3 atom stereocenters. The van der Waals surface area contributed by atoms with E-state index >= 15 is 0 Å². The van der Waals surface area contributed by atoms with Gasteiger partial charge in [-0.05, 0) is 42.9 Å². The largest absolute Gasteiger partial charge is 0.371 e. The topological polar surface area (TPSA) is 41.6 Å². The highest BCUT2D eigenvalue weighted by Gasteiger charge is 2.38. The molecule has 1 N–H and O–H groups in total. The number of halogens is 1. The van der Waals surface area contributed by atoms with Crippen LogP contribution in [0.25, 0.3) is 0 Å². The summed E-state index contributed by atoms with van der Waals surface area (Å²) in [6.07, 6.45) is 6.85. The highest BCUT2D eigenvalue weighted by atomic mass is 35.5. The van der Waals surface area contributed by atoms with E-state index in [1.165, 1.54) is 31.2 Å². The predicted octanol–water partition coefficient (Wildman–Crippen LogP) is 3.55. The molecule has 3 fully saturated rings. The Balaban J connectivity index is 1.29. The average Bonchev–Trinajstić information content (AvgIpc) is 3.23. The Morgan fingerprint density at radius 3 is 2.72 bits per heavy atom. The first-order valence-corrected chi connectivity index (χ1v) is 9.95. The third-order valence-electron chi connectivity index (χ3n) is 5.97. The van der Waals surface area contributed by atoms with Gasteiger partial charge >= 0.3 is 0 Å². The van der Waals surface area contributed by atoms with Crippen LogP contribution in [0, 0.1) is 5.92 Å². The molecule has 25 heavy (non-hydrogen) atoms. The van der Waals surface area contributed by atoms with Crippen molar-refractivity contribution in [3.63, 3.8) is 0 Å². The lowest BCUT2D eigenvalue weighted by Gasteiger charge is -2.35. The third-order valence-corrected chi connectivity index (χ3v) is 6.23. The number of amides is 1. The number of nitrogens with one attached hydrogen (secondary N) is 1. The van der Waals surface area contributed by atoms with Gasteiger partial charge in [0, 0.05) is 36.6 Å². The van der Waals surface area contributed by atoms with Gasteiger partial charge in [-0.2, -0.15) is 0 Å². The van der Waals surface area contributed by atoms with Crippen LogP contribution >= 0.6 is 11.6 Å². The molecule has 4 rings (SSSR count). The predicted molar refractivity (Wildman–Crippen MR) is 98.6 cm³/mol. The van der Waals surface area contributed by atoms with Crippen molar-refractivity contribution in [2.75, 3.05) is 19.7 Å². The molecular formula is C20H27ClN2O2. The highest BCUT2D eigenvalue weighted by Crippen LogP contribution is 2.31. The number of hydrogen-bond donors (Lipinski definition) is 1. The Labute approximate surface area is 154 Å². The van der Waals surface area contributed by atoms with Crippen LogP contribution in [0.4, 0.5) is 0 Å². The number of fused-ring (bicyclic) bond motifs is 1. The number of rotatable bonds is 4. The van der Waals surface area contributed by atoms with Gasteiger partial charge in [-0.25, -0.2) is 0 Å². The summed E-state index contributed by atoms with van der Waals surface area (Å²) in [5.74, 6) is 0.855. The first-order chi connectivity index (χ1) is 12.2. The molecule has 0 spiro atoms. The summed E-state index contributed by atoms with van der Waals surface area (Å²) in [6.45, 7) is 2.57. The molecular weight excluding hydrogens is 336 g/mol. The maximum Gasteiger partial charge on any atom is 0.220 e. The molecule has 0 radical (unpaired) electrons. The zero-order valence-electron chi connectivity index (χ0n) is 14.6. The van der Waals surface area contributed by atoms with Gasteiger partial charge in [0.2, 0.25) is 5.91 Å². The van der Waals surface area contributed by atoms with Crippen LogP contribution in [0.2, 0.25) is 5.02 Å². The Kier molecular flexibility index (Phi) is 5.30. The van der Waals surface area contributed by atoms with Crippen molar-refractivity contribution < 1.29 is 9.53 Å². The van der Waals surface area contributed by atoms with E-state index < -0.39 is 0 Å². The van der Waals surface area contributed by atoms with Crippen LogP contribution in [-0.2, 0) is 9.53 Å². The van der Waals surface area contributed by atoms with Crippen molar-refractivity contribution >= 4 is 17.5 Å². The van der Waals surface area contributed by atoms with E-state index in [4.69, 9.17) is 16.3 Å². The molecule has 1 saturated carbocycles. The zero-order valence-corrected chi connectivity index (χ0v) is 15.4. The molecule has 0 unspecified atom stereocenters. The summed E-state index contributed by atoms with van der Waals surface area (Å²) in [7, 11) is 0. The van der Waals surface area contributed by atoms with Crippen LogP contribution in [0.3, 0.4) is 0 Å². The van der Waals surface area contributed by atoms with E-state index in [1.54, 1.807) is 0 Å². The minimum absolute atomic E-state index is 0.0986. The molecule has 1 aliphatic carbocycles. The van der Waals surface area contributed by atoms with Crippen molar-refractivity contribution in [3.05, 3.63) is 34.9 Å². The van der Waals surface area contributed by atoms with Gasteiger partial charge in [0.05, 0.1) is 12.7 Å². The fourth-order valence-electron chi connectivity index (χ4n) is 4.62. The Hall–Kier alpha value is -1.10. The average molecular weight is 363 g/mol. The van der Waals surface area contributed by atoms with Crippen LogP contribution < -0.4 is 5.32 Å². The zero-order chi connectivity index (χ0) is 17.2. The van der Waals surface area contributed by atoms with Crippen molar-refractivity contribution in [2.45, 2.75) is 56.7 Å². The molecule has 136 valence electrons. The summed E-state index contributed by atoms with van der Waals surface area (Å²) in [5.41, 5.74) is 1.18. The van der Waals surface area contributed by atoms with E-state index in [0.717, 1.165) is 31.1 Å². The lowest BCUT2D eigenvalue weighted by Crippen LogP contribution is -2.43. The minimum Gasteiger partial charge on any atom is -0.371 e. The number of morpholine rings is 1. The Bertz CT molecular complexity index is 600. The van der Waals surface area contributed by atoms with E-state index in [0.29, 0.717) is 18.4 Å². The SMILES string of the molecule is O=C(CC1CCCC1)N[C@@H]1C[C@H]2CO[C@@H](c3ccc(Cl)cc3)CN2C1. The molecule has 5 heteroatoms. The number of carbonyl (C=O) groups excluding carboxylic acids is 1. The van der Waals surface area contributed by atoms with Crippen LogP contribution in [0.15, 0.2) is 24.3 Å². The molecule has 2 aliphatic heterocycles. The lowest BCUT2D eigenvalue weighted by atomic mass is 10.0. The molecule has 2 heterocycles. The molecule has 0 bridgehead atoms. The van der Waals surface area contributed by atoms with Gasteiger partial charge in [-0.15, -0.1) is 0 Å². The smallest absolute Gasteiger partial charge is 0.220 e. The van der Waals surface area contributed by atoms with Gasteiger partial charge in [0.25, 0.3) is 0 Å². The molecule has 2 saturated heterocycles. The first kappa shape index (κ1) is 17.3. The number of ether oxygens (including phenoxy) is 1. The molecule has 4 nitrogen and oxygen atoms in total. The van der Waals surface area contributed by atoms with Crippen LogP contribution in [0.1, 0.15) is 50.2 Å². The van der Waals surface area contributed by atoms with E-state index in [2.05, 4.69) is 10.2 Å². The van der Waals surface area contributed by atoms with Gasteiger partial charge in [0.1, 0.15) is 0 Å². The maximum absolute atomic E-state index is 12.3. The molecule has 1 aromatic rings. The number of nitrogens with zero attached hydrogens (tertiary/aromatic N) is 1. The van der Waals surface area contributed by atoms with Crippen molar-refractivity contribution in [1.29, 1.82) is 0 Å². The summed E-state index contributed by atoms with van der Waals surface area (Å²) < 4.78 is 6.08. The second-order valence-corrected chi connectivity index (χ2v) is 8.27. The number of benzene rings is 1. The summed E-state index contributed by atoms with van der Waals surface area (Å²) in [4.78, 5) is 14.8. The summed E-state index contributed by atoms with van der Waals surface area (Å²) >= 11 is 5.98. The van der Waals surface area contributed by atoms with Crippen LogP contribution in [-0.4, -0.2) is 42.6 Å². The van der Waals surface area contributed by atoms with E-state index in [1.807, 2.05) is 24.3 Å². The minimum atomic E-state index is 0.0986. The first-order valence-electron chi connectivity index (χ1n) is 9.58. The molecule has 0 aromatic heterocycles. The van der Waals surface area contributed by atoms with E-state index in [9.17, 15) is 4.79 Å². The molecule has 1 amide bonds. The fourth-order valence-corrected chi connectivity index (χ4v) is 4.75. The van der Waals surface area contributed by atoms with Gasteiger partial charge in [0.15, 0.2) is 0 Å². The highest BCUT2D eigenvalue weighted by molar-refractivity contribution is 6.30. The fraction of sp³-hybridized carbons (Fsp3) is 0.650. The lowest BCUT2D eigenvalue weighted by molar-refractivity contribution is -0.122. The van der Waals surface area contributed by atoms with Crippen molar-refractivity contribution in [3.8, 4) is 0 Å². The Morgan fingerprint density at radius 1 is 1.20 bits per heavy atom. The summed E-state index contributed by atoms with van der Waals surface area (Å²) in [5, 5.41) is 4.02. The normalized spacial score (nSPS) is 30.4. The Morgan fingerprint density at radius 2 is 1.96 bits per heavy atom. The standard InChI is InChI=1S/C20H27ClN2O2/c21-16-7-5-15(6-8-16)19-12-23-11-17(10-18(23)13-25-19)22-20(24)9-14-3-1-2-4-14/h5-8,14,17-19H,1-4,9-13H2,(H,22,24)/t17-,18+,19-/m1/s1. The van der Waals surface area contributed by atoms with Crippen molar-refractivity contribution in [2.24, 2.45) is 5.92 Å². The van der Waals surface area contributed by atoms with Gasteiger partial charge in [-0.1, -0.05) is 36.6 Å². The number of hydrogen-bond acceptors (Lipinski definition) is 3. The van der Waals surface area contributed by atoms with Crippen molar-refractivity contribution in [1.82, 2.24) is 10.2 Å². The second-order valence-electron chi connectivity index (χ2n) is 7.84. The molecule has 3 aliphatic rings. The van der Waals surface area contributed by atoms with Gasteiger partial charge in [-0.3, -0.25) is 9.69 Å². The molecule has 1 aromatic carbocycles. The monoisotopic (exact) mass is 362 g/mol. The third kappa shape index (κ3) is 4.18. The maximum atomic E-state index is 12.3. The quantitative estimate of drug-likeness (QED) is 0.890. The second kappa shape index (κ2) is 7.65. The van der Waals surface area contributed by atoms with Crippen LogP contribution in [0.5, 0.6) is 0 Å². The summed E-state index contributed by atoms with van der Waals surface area (Å²) in [6, 6.07) is 8.63. The van der Waals surface area contributed by atoms with E-state index in [-0.39, 0.29) is 18.1 Å². The van der Waals surface area contributed by atoms with Gasteiger partial charge < -0.3 is 10.1 Å². The number of carbonyl (C=O) groups is 1.